The zero-order chi connectivity index (χ0) is 13.7. The van der Waals surface area contributed by atoms with Gasteiger partial charge in [-0.05, 0) is 25.5 Å². The maximum Gasteiger partial charge on any atom is 0.338 e. The molecule has 0 bridgehead atoms. The van der Waals surface area contributed by atoms with Crippen molar-refractivity contribution in [2.24, 2.45) is 0 Å². The van der Waals surface area contributed by atoms with Crippen LogP contribution in [0.4, 0.5) is 14.5 Å². The fourth-order valence-corrected chi connectivity index (χ4v) is 1.75. The molecule has 3 nitrogen and oxygen atoms in total. The molecule has 0 saturated carbocycles. The van der Waals surface area contributed by atoms with Gasteiger partial charge in [-0.3, -0.25) is 0 Å². The summed E-state index contributed by atoms with van der Waals surface area (Å²) in [7, 11) is 0. The number of carbonyl (C=O) groups is 1. The normalized spacial score (nSPS) is 10.4. The number of hydrogen-bond acceptors (Lipinski definition) is 2. The highest BCUT2D eigenvalue weighted by atomic mass is 19.2. The quantitative estimate of drug-likeness (QED) is 0.850. The van der Waals surface area contributed by atoms with Crippen molar-refractivity contribution < 1.29 is 18.7 Å². The van der Waals surface area contributed by atoms with Crippen molar-refractivity contribution in [3.8, 4) is 0 Å². The molecule has 0 saturated heterocycles. The summed E-state index contributed by atoms with van der Waals surface area (Å²) in [6, 6.07) is 2.42. The zero-order valence-electron chi connectivity index (χ0n) is 10.5. The first-order chi connectivity index (χ1) is 8.52. The smallest absolute Gasteiger partial charge is 0.338 e. The monoisotopic (exact) mass is 257 g/mol. The highest BCUT2D eigenvalue weighted by Gasteiger charge is 2.20. The number of aromatic carboxylic acids is 1. The molecule has 0 heterocycles. The van der Waals surface area contributed by atoms with Gasteiger partial charge in [-0.1, -0.05) is 13.3 Å². The van der Waals surface area contributed by atoms with Crippen LogP contribution in [0, 0.1) is 11.6 Å². The summed E-state index contributed by atoms with van der Waals surface area (Å²) in [6.07, 6.45) is 1.82. The minimum atomic E-state index is -1.46. The second-order valence-electron chi connectivity index (χ2n) is 4.00. The average Bonchev–Trinajstić information content (AvgIpc) is 2.34. The number of carboxylic acids is 1. The molecular weight excluding hydrogens is 240 g/mol. The Bertz CT molecular complexity index is 435. The second-order valence-corrected chi connectivity index (χ2v) is 4.00. The lowest BCUT2D eigenvalue weighted by Crippen LogP contribution is -2.25. The van der Waals surface area contributed by atoms with Crippen LogP contribution in [0.3, 0.4) is 0 Å². The van der Waals surface area contributed by atoms with Crippen LogP contribution < -0.4 is 4.90 Å². The van der Waals surface area contributed by atoms with E-state index in [4.69, 9.17) is 5.11 Å². The highest BCUT2D eigenvalue weighted by molar-refractivity contribution is 5.88. The molecule has 0 aliphatic carbocycles. The molecule has 0 unspecified atom stereocenters. The van der Waals surface area contributed by atoms with Crippen molar-refractivity contribution >= 4 is 11.7 Å². The summed E-state index contributed by atoms with van der Waals surface area (Å²) < 4.78 is 27.4. The van der Waals surface area contributed by atoms with E-state index in [-0.39, 0.29) is 5.69 Å². The van der Waals surface area contributed by atoms with Crippen molar-refractivity contribution in [1.82, 2.24) is 0 Å². The van der Waals surface area contributed by atoms with Gasteiger partial charge in [-0.25, -0.2) is 13.6 Å². The van der Waals surface area contributed by atoms with Crippen LogP contribution in [0.5, 0.6) is 0 Å². The summed E-state index contributed by atoms with van der Waals surface area (Å²) in [6.45, 7) is 5.02. The molecule has 0 fully saturated rings. The molecule has 0 spiro atoms. The van der Waals surface area contributed by atoms with Gasteiger partial charge >= 0.3 is 5.97 Å². The Morgan fingerprint density at radius 3 is 2.44 bits per heavy atom. The number of hydrogen-bond donors (Lipinski definition) is 1. The van der Waals surface area contributed by atoms with Gasteiger partial charge < -0.3 is 10.0 Å². The molecule has 0 aromatic heterocycles. The number of rotatable bonds is 6. The van der Waals surface area contributed by atoms with Gasteiger partial charge in [0.25, 0.3) is 0 Å². The Hall–Kier alpha value is -1.65. The highest BCUT2D eigenvalue weighted by Crippen LogP contribution is 2.24. The Kier molecular flexibility index (Phi) is 5.07. The van der Waals surface area contributed by atoms with Crippen LogP contribution in [-0.2, 0) is 0 Å². The van der Waals surface area contributed by atoms with E-state index in [9.17, 15) is 13.6 Å². The third-order valence-electron chi connectivity index (χ3n) is 2.80. The van der Waals surface area contributed by atoms with Gasteiger partial charge in [0.15, 0.2) is 11.6 Å². The average molecular weight is 257 g/mol. The maximum atomic E-state index is 13.8. The first-order valence-corrected chi connectivity index (χ1v) is 5.99. The number of benzene rings is 1. The summed E-state index contributed by atoms with van der Waals surface area (Å²) in [5, 5.41) is 8.70. The fourth-order valence-electron chi connectivity index (χ4n) is 1.75. The Morgan fingerprint density at radius 2 is 1.94 bits per heavy atom. The van der Waals surface area contributed by atoms with Gasteiger partial charge in [0, 0.05) is 13.1 Å². The van der Waals surface area contributed by atoms with Crippen molar-refractivity contribution in [1.29, 1.82) is 0 Å². The molecule has 18 heavy (non-hydrogen) atoms. The zero-order valence-corrected chi connectivity index (χ0v) is 10.5. The lowest BCUT2D eigenvalue weighted by molar-refractivity contribution is 0.0690. The van der Waals surface area contributed by atoms with E-state index in [0.717, 1.165) is 18.9 Å². The molecule has 5 heteroatoms. The topological polar surface area (TPSA) is 40.5 Å². The van der Waals surface area contributed by atoms with Crippen LogP contribution in [0.15, 0.2) is 12.1 Å². The molecule has 1 aromatic carbocycles. The minimum absolute atomic E-state index is 0.119. The lowest BCUT2D eigenvalue weighted by Gasteiger charge is -2.23. The molecular formula is C13H17F2NO2. The van der Waals surface area contributed by atoms with Crippen molar-refractivity contribution in [3.63, 3.8) is 0 Å². The molecule has 1 rings (SSSR count). The Balaban J connectivity index is 3.09. The van der Waals surface area contributed by atoms with Gasteiger partial charge in [-0.2, -0.15) is 0 Å². The lowest BCUT2D eigenvalue weighted by atomic mass is 10.1. The number of unbranched alkanes of at least 4 members (excludes halogenated alkanes) is 1. The van der Waals surface area contributed by atoms with Crippen molar-refractivity contribution in [2.45, 2.75) is 26.7 Å². The van der Waals surface area contributed by atoms with Crippen LogP contribution in [-0.4, -0.2) is 24.2 Å². The van der Waals surface area contributed by atoms with E-state index in [1.165, 1.54) is 6.07 Å². The van der Waals surface area contributed by atoms with Gasteiger partial charge in [0.1, 0.15) is 0 Å². The van der Waals surface area contributed by atoms with Crippen LogP contribution in [0.25, 0.3) is 0 Å². The molecule has 0 amide bonds. The Labute approximate surface area is 105 Å². The summed E-state index contributed by atoms with van der Waals surface area (Å²) in [4.78, 5) is 12.4. The summed E-state index contributed by atoms with van der Waals surface area (Å²) >= 11 is 0. The van der Waals surface area contributed by atoms with E-state index >= 15 is 0 Å². The first kappa shape index (κ1) is 14.4. The van der Waals surface area contributed by atoms with Crippen LogP contribution in [0.2, 0.25) is 0 Å². The van der Waals surface area contributed by atoms with E-state index in [1.807, 2.05) is 13.8 Å². The fraction of sp³-hybridized carbons (Fsp3) is 0.462. The van der Waals surface area contributed by atoms with Crippen molar-refractivity contribution in [3.05, 3.63) is 29.3 Å². The molecule has 100 valence electrons. The van der Waals surface area contributed by atoms with Gasteiger partial charge in [0.2, 0.25) is 0 Å². The molecule has 1 N–H and O–H groups in total. The van der Waals surface area contributed by atoms with E-state index in [0.29, 0.717) is 13.1 Å². The number of nitrogens with zero attached hydrogens (tertiary/aromatic N) is 1. The molecule has 0 radical (unpaired) electrons. The second kappa shape index (κ2) is 6.33. The van der Waals surface area contributed by atoms with E-state index in [1.54, 1.807) is 4.90 Å². The predicted molar refractivity (Wildman–Crippen MR) is 66.1 cm³/mol. The molecule has 1 aromatic rings. The summed E-state index contributed by atoms with van der Waals surface area (Å²) in [5.74, 6) is -3.85. The minimum Gasteiger partial charge on any atom is -0.478 e. The number of halogens is 2. The van der Waals surface area contributed by atoms with Gasteiger partial charge in [0.05, 0.1) is 11.3 Å². The predicted octanol–water partition coefficient (Wildman–Crippen LogP) is 3.29. The third kappa shape index (κ3) is 2.97. The number of anilines is 1. The third-order valence-corrected chi connectivity index (χ3v) is 2.80. The standard InChI is InChI=1S/C13H17F2NO2/c1-3-5-8-16(4-2)10-7-6-9(13(17)18)11(14)12(10)15/h6-7H,3-5,8H2,1-2H3,(H,17,18). The largest absolute Gasteiger partial charge is 0.478 e. The first-order valence-electron chi connectivity index (χ1n) is 5.99. The van der Waals surface area contributed by atoms with E-state index in [2.05, 4.69) is 0 Å². The molecule has 0 atom stereocenters. The van der Waals surface area contributed by atoms with Crippen LogP contribution in [0.1, 0.15) is 37.0 Å². The van der Waals surface area contributed by atoms with Crippen LogP contribution >= 0.6 is 0 Å². The maximum absolute atomic E-state index is 13.8. The van der Waals surface area contributed by atoms with E-state index < -0.39 is 23.2 Å². The number of carboxylic acid groups (broad SMARTS) is 1. The van der Waals surface area contributed by atoms with Crippen molar-refractivity contribution in [2.75, 3.05) is 18.0 Å². The molecule has 0 aliphatic rings. The molecule has 0 aliphatic heterocycles. The summed E-state index contributed by atoms with van der Waals surface area (Å²) in [5.41, 5.74) is -0.517. The SMILES string of the molecule is CCCCN(CC)c1ccc(C(=O)O)c(F)c1F. The van der Waals surface area contributed by atoms with Gasteiger partial charge in [-0.15, -0.1) is 0 Å². The Morgan fingerprint density at radius 1 is 1.28 bits per heavy atom.